The molecule has 202 valence electrons. The number of aromatic nitrogens is 4. The van der Waals surface area contributed by atoms with Crippen molar-refractivity contribution < 1.29 is 9.26 Å². The normalized spacial score (nSPS) is 14.5. The van der Waals surface area contributed by atoms with Crippen molar-refractivity contribution in [2.75, 3.05) is 33.3 Å². The smallest absolute Gasteiger partial charge is 0.142 e. The quantitative estimate of drug-likeness (QED) is 0.285. The van der Waals surface area contributed by atoms with Crippen LogP contribution in [0.4, 0.5) is 0 Å². The number of aromatic amines is 1. The maximum absolute atomic E-state index is 5.90. The first kappa shape index (κ1) is 24.7. The Morgan fingerprint density at radius 1 is 0.925 bits per heavy atom. The summed E-state index contributed by atoms with van der Waals surface area (Å²) < 4.78 is 11.4. The van der Waals surface area contributed by atoms with Gasteiger partial charge in [0.05, 0.1) is 29.4 Å². The summed E-state index contributed by atoms with van der Waals surface area (Å²) in [6.07, 6.45) is 0. The van der Waals surface area contributed by atoms with Gasteiger partial charge in [0, 0.05) is 54.8 Å². The molecule has 6 aromatic rings. The number of benzene rings is 3. The molecule has 0 spiro atoms. The number of hydrogen-bond donors (Lipinski definition) is 2. The summed E-state index contributed by atoms with van der Waals surface area (Å²) in [5, 5.41) is 12.1. The van der Waals surface area contributed by atoms with E-state index in [9.17, 15) is 0 Å². The van der Waals surface area contributed by atoms with Crippen LogP contribution in [0, 0.1) is 20.8 Å². The maximum Gasteiger partial charge on any atom is 0.142 e. The van der Waals surface area contributed by atoms with Crippen molar-refractivity contribution in [2.45, 2.75) is 27.3 Å². The summed E-state index contributed by atoms with van der Waals surface area (Å²) in [6.45, 7) is 11.0. The van der Waals surface area contributed by atoms with Crippen LogP contribution < -0.4 is 10.1 Å². The molecule has 3 aromatic carbocycles. The molecule has 0 unspecified atom stereocenters. The van der Waals surface area contributed by atoms with Crippen molar-refractivity contribution in [1.82, 2.24) is 30.3 Å². The number of nitrogens with zero attached hydrogens (tertiary/aromatic N) is 4. The number of fused-ring (bicyclic) bond motifs is 4. The van der Waals surface area contributed by atoms with Crippen LogP contribution in [0.1, 0.15) is 22.8 Å². The van der Waals surface area contributed by atoms with E-state index in [1.54, 1.807) is 7.11 Å². The topological polar surface area (TPSA) is 92.1 Å². The Hall–Kier alpha value is -4.27. The third-order valence-electron chi connectivity index (χ3n) is 8.06. The molecule has 3 aromatic heterocycles. The minimum atomic E-state index is 0.723. The van der Waals surface area contributed by atoms with Crippen LogP contribution in [0.15, 0.2) is 53.1 Å². The number of rotatable bonds is 5. The number of H-pyrrole nitrogens is 1. The monoisotopic (exact) mass is 532 g/mol. The molecule has 7 rings (SSSR count). The highest BCUT2D eigenvalue weighted by Crippen LogP contribution is 2.42. The molecule has 0 atom stereocenters. The number of aryl methyl sites for hydroxylation is 3. The van der Waals surface area contributed by atoms with Gasteiger partial charge in [-0.25, -0.2) is 9.97 Å². The van der Waals surface area contributed by atoms with Gasteiger partial charge in [0.15, 0.2) is 0 Å². The number of methoxy groups -OCH3 is 1. The first-order valence-corrected chi connectivity index (χ1v) is 13.8. The maximum atomic E-state index is 5.90. The Kier molecular flexibility index (Phi) is 6.02. The van der Waals surface area contributed by atoms with E-state index < -0.39 is 0 Å². The lowest BCUT2D eigenvalue weighted by Crippen LogP contribution is -2.42. The van der Waals surface area contributed by atoms with E-state index in [2.05, 4.69) is 68.9 Å². The van der Waals surface area contributed by atoms with Crippen molar-refractivity contribution in [3.8, 4) is 28.1 Å². The van der Waals surface area contributed by atoms with Gasteiger partial charge in [-0.15, -0.1) is 0 Å². The molecule has 2 N–H and O–H groups in total. The first-order valence-electron chi connectivity index (χ1n) is 13.8. The summed E-state index contributed by atoms with van der Waals surface area (Å²) in [6, 6.07) is 17.4. The average Bonchev–Trinajstić information content (AvgIpc) is 3.50. The molecular formula is C32H32N6O2. The van der Waals surface area contributed by atoms with Crippen LogP contribution in [0.5, 0.6) is 5.75 Å². The van der Waals surface area contributed by atoms with Gasteiger partial charge < -0.3 is 19.6 Å². The van der Waals surface area contributed by atoms with E-state index in [1.165, 1.54) is 16.3 Å². The van der Waals surface area contributed by atoms with Crippen LogP contribution in [0.3, 0.4) is 0 Å². The average molecular weight is 533 g/mol. The van der Waals surface area contributed by atoms with Crippen molar-refractivity contribution >= 4 is 32.7 Å². The molecule has 0 aliphatic carbocycles. The van der Waals surface area contributed by atoms with Gasteiger partial charge in [0.1, 0.15) is 23.0 Å². The molecule has 0 amide bonds. The zero-order valence-electron chi connectivity index (χ0n) is 23.3. The highest BCUT2D eigenvalue weighted by molar-refractivity contribution is 6.16. The predicted octanol–water partition coefficient (Wildman–Crippen LogP) is 5.93. The summed E-state index contributed by atoms with van der Waals surface area (Å²) in [7, 11) is 1.70. The van der Waals surface area contributed by atoms with E-state index in [1.807, 2.05) is 20.8 Å². The number of hydrogen-bond acceptors (Lipinski definition) is 7. The number of ether oxygens (including phenoxy) is 1. The molecule has 1 aliphatic heterocycles. The Morgan fingerprint density at radius 3 is 2.48 bits per heavy atom. The zero-order valence-corrected chi connectivity index (χ0v) is 23.3. The van der Waals surface area contributed by atoms with Gasteiger partial charge in [-0.05, 0) is 49.2 Å². The Balaban J connectivity index is 1.44. The van der Waals surface area contributed by atoms with Crippen molar-refractivity contribution in [3.05, 3.63) is 71.4 Å². The minimum absolute atomic E-state index is 0.723. The molecule has 0 saturated carbocycles. The van der Waals surface area contributed by atoms with Crippen LogP contribution in [0.25, 0.3) is 55.1 Å². The van der Waals surface area contributed by atoms with Crippen LogP contribution in [-0.2, 0) is 6.54 Å². The summed E-state index contributed by atoms with van der Waals surface area (Å²) in [4.78, 5) is 15.9. The van der Waals surface area contributed by atoms with E-state index in [-0.39, 0.29) is 0 Å². The Morgan fingerprint density at radius 2 is 1.73 bits per heavy atom. The summed E-state index contributed by atoms with van der Waals surface area (Å²) in [5.41, 5.74) is 7.85. The lowest BCUT2D eigenvalue weighted by molar-refractivity contribution is 0.234. The third kappa shape index (κ3) is 4.03. The van der Waals surface area contributed by atoms with E-state index >= 15 is 0 Å². The highest BCUT2D eigenvalue weighted by atomic mass is 16.5. The minimum Gasteiger partial charge on any atom is -0.496 e. The molecule has 4 heterocycles. The zero-order chi connectivity index (χ0) is 27.4. The summed E-state index contributed by atoms with van der Waals surface area (Å²) >= 11 is 0. The van der Waals surface area contributed by atoms with Crippen LogP contribution in [0.2, 0.25) is 0 Å². The van der Waals surface area contributed by atoms with Gasteiger partial charge in [-0.2, -0.15) is 0 Å². The fraction of sp³-hybridized carbons (Fsp3) is 0.281. The van der Waals surface area contributed by atoms with Gasteiger partial charge in [-0.1, -0.05) is 41.6 Å². The van der Waals surface area contributed by atoms with Crippen LogP contribution >= 0.6 is 0 Å². The second-order valence-corrected chi connectivity index (χ2v) is 10.6. The first-order chi connectivity index (χ1) is 19.5. The molecule has 1 fully saturated rings. The van der Waals surface area contributed by atoms with Crippen molar-refractivity contribution in [2.24, 2.45) is 0 Å². The summed E-state index contributed by atoms with van der Waals surface area (Å²) in [5.74, 6) is 2.24. The van der Waals surface area contributed by atoms with Gasteiger partial charge >= 0.3 is 0 Å². The van der Waals surface area contributed by atoms with E-state index in [0.29, 0.717) is 0 Å². The molecule has 1 aliphatic rings. The van der Waals surface area contributed by atoms with Crippen molar-refractivity contribution in [1.29, 1.82) is 0 Å². The SMILES string of the molecule is COc1cc2c(cc1-c1c(C)noc1C)[nH]c1nc(C)nc(-c3ccc(CN4CCNCC4)c4ccccc34)c12. The lowest BCUT2D eigenvalue weighted by Gasteiger charge is -2.27. The highest BCUT2D eigenvalue weighted by Gasteiger charge is 2.22. The second kappa shape index (κ2) is 9.73. The van der Waals surface area contributed by atoms with Crippen molar-refractivity contribution in [3.63, 3.8) is 0 Å². The van der Waals surface area contributed by atoms with Gasteiger partial charge in [0.25, 0.3) is 0 Å². The lowest BCUT2D eigenvalue weighted by atomic mass is 9.95. The largest absolute Gasteiger partial charge is 0.496 e. The van der Waals surface area contributed by atoms with E-state index in [0.717, 1.165) is 100 Å². The molecular weight excluding hydrogens is 500 g/mol. The molecule has 40 heavy (non-hydrogen) atoms. The third-order valence-corrected chi connectivity index (χ3v) is 8.06. The molecule has 8 heteroatoms. The van der Waals surface area contributed by atoms with Crippen LogP contribution in [-0.4, -0.2) is 58.3 Å². The predicted molar refractivity (Wildman–Crippen MR) is 159 cm³/mol. The number of piperazine rings is 1. The molecule has 0 bridgehead atoms. The van der Waals surface area contributed by atoms with Gasteiger partial charge in [-0.3, -0.25) is 4.90 Å². The standard InChI is InChI=1S/C32H32N6O2/c1-18-29(19(2)40-37-18)26-15-27-25(16-28(26)39-4)30-31(34-20(3)35-32(30)36-27)24-10-9-21(17-38-13-11-33-12-14-38)22-7-5-6-8-23(22)24/h5-10,15-16,33H,11-14,17H2,1-4H3,(H,34,35,36). The van der Waals surface area contributed by atoms with E-state index in [4.69, 9.17) is 19.2 Å². The fourth-order valence-corrected chi connectivity index (χ4v) is 6.18. The van der Waals surface area contributed by atoms with Gasteiger partial charge in [0.2, 0.25) is 0 Å². The Bertz CT molecular complexity index is 1880. The second-order valence-electron chi connectivity index (χ2n) is 10.6. The molecule has 0 radical (unpaired) electrons. The number of nitrogens with one attached hydrogen (secondary N) is 2. The molecule has 1 saturated heterocycles. The molecule has 8 nitrogen and oxygen atoms in total. The fourth-order valence-electron chi connectivity index (χ4n) is 6.18. The Labute approximate surface area is 232 Å².